The zero-order valence-electron chi connectivity index (χ0n) is 12.7. The molecule has 0 spiro atoms. The van der Waals surface area contributed by atoms with Gasteiger partial charge in [-0.2, -0.15) is 0 Å². The van der Waals surface area contributed by atoms with E-state index in [0.29, 0.717) is 11.8 Å². The van der Waals surface area contributed by atoms with Gasteiger partial charge >= 0.3 is 0 Å². The molecule has 0 bridgehead atoms. The summed E-state index contributed by atoms with van der Waals surface area (Å²) in [6, 6.07) is 12.6. The summed E-state index contributed by atoms with van der Waals surface area (Å²) in [5.74, 6) is 1.59. The molecule has 0 aliphatic heterocycles. The first-order valence-electron chi connectivity index (χ1n) is 7.20. The molecule has 106 valence electrons. The molecule has 1 heterocycles. The number of rotatable bonds is 5. The summed E-state index contributed by atoms with van der Waals surface area (Å²) >= 11 is 0. The van der Waals surface area contributed by atoms with E-state index in [1.54, 1.807) is 0 Å². The monoisotopic (exact) mass is 269 g/mol. The quantitative estimate of drug-likeness (QED) is 0.887. The van der Waals surface area contributed by atoms with Gasteiger partial charge in [-0.1, -0.05) is 51.1 Å². The summed E-state index contributed by atoms with van der Waals surface area (Å²) in [7, 11) is 0. The van der Waals surface area contributed by atoms with Crippen LogP contribution in [0.1, 0.15) is 49.6 Å². The van der Waals surface area contributed by atoms with Crippen molar-refractivity contribution in [3.8, 4) is 0 Å². The van der Waals surface area contributed by atoms with Gasteiger partial charge in [0.25, 0.3) is 0 Å². The SMILES string of the molecule is Cc1cc(C(C)C)nc(NCC(C)c2ccccc2)n1. The van der Waals surface area contributed by atoms with Crippen LogP contribution in [0.3, 0.4) is 0 Å². The van der Waals surface area contributed by atoms with Crippen molar-refractivity contribution in [1.29, 1.82) is 0 Å². The maximum atomic E-state index is 4.58. The van der Waals surface area contributed by atoms with Crippen molar-refractivity contribution >= 4 is 5.95 Å². The molecule has 2 rings (SSSR count). The van der Waals surface area contributed by atoms with Crippen LogP contribution in [0.4, 0.5) is 5.95 Å². The standard InChI is InChI=1S/C17H23N3/c1-12(2)16-10-14(4)19-17(20-16)18-11-13(3)15-8-6-5-7-9-15/h5-10,12-13H,11H2,1-4H3,(H,18,19,20). The largest absolute Gasteiger partial charge is 0.354 e. The third-order valence-electron chi connectivity index (χ3n) is 3.40. The predicted octanol–water partition coefficient (Wildman–Crippen LogP) is 4.12. The lowest BCUT2D eigenvalue weighted by Gasteiger charge is -2.14. The normalized spacial score (nSPS) is 12.4. The van der Waals surface area contributed by atoms with Gasteiger partial charge in [0.1, 0.15) is 0 Å². The molecule has 1 N–H and O–H groups in total. The maximum Gasteiger partial charge on any atom is 0.223 e. The third-order valence-corrected chi connectivity index (χ3v) is 3.40. The summed E-state index contributed by atoms with van der Waals surface area (Å²) < 4.78 is 0. The highest BCUT2D eigenvalue weighted by atomic mass is 15.1. The maximum absolute atomic E-state index is 4.58. The second-order valence-corrected chi connectivity index (χ2v) is 5.61. The Hall–Kier alpha value is -1.90. The number of hydrogen-bond acceptors (Lipinski definition) is 3. The first kappa shape index (κ1) is 14.5. The van der Waals surface area contributed by atoms with Gasteiger partial charge in [0.15, 0.2) is 0 Å². The fourth-order valence-electron chi connectivity index (χ4n) is 2.11. The van der Waals surface area contributed by atoms with Gasteiger partial charge in [0.05, 0.1) is 0 Å². The Labute approximate surface area is 121 Å². The summed E-state index contributed by atoms with van der Waals surface area (Å²) in [5, 5.41) is 3.36. The average molecular weight is 269 g/mol. The zero-order chi connectivity index (χ0) is 14.5. The van der Waals surface area contributed by atoms with Crippen LogP contribution in [-0.4, -0.2) is 16.5 Å². The Morgan fingerprint density at radius 1 is 1.05 bits per heavy atom. The van der Waals surface area contributed by atoms with Crippen molar-refractivity contribution in [1.82, 2.24) is 9.97 Å². The van der Waals surface area contributed by atoms with Gasteiger partial charge in [-0.15, -0.1) is 0 Å². The molecule has 0 fully saturated rings. The molecule has 1 aromatic heterocycles. The Balaban J connectivity index is 2.04. The Morgan fingerprint density at radius 2 is 1.75 bits per heavy atom. The molecule has 3 heteroatoms. The van der Waals surface area contributed by atoms with Crippen molar-refractivity contribution in [3.63, 3.8) is 0 Å². The molecule has 1 aromatic carbocycles. The molecule has 2 aromatic rings. The van der Waals surface area contributed by atoms with E-state index >= 15 is 0 Å². The minimum atomic E-state index is 0.420. The number of anilines is 1. The first-order valence-corrected chi connectivity index (χ1v) is 7.20. The Kier molecular flexibility index (Phi) is 4.72. The van der Waals surface area contributed by atoms with E-state index in [1.165, 1.54) is 5.56 Å². The molecule has 1 unspecified atom stereocenters. The van der Waals surface area contributed by atoms with Gasteiger partial charge in [-0.3, -0.25) is 0 Å². The molecule has 0 radical (unpaired) electrons. The topological polar surface area (TPSA) is 37.8 Å². The predicted molar refractivity (Wildman–Crippen MR) is 84.2 cm³/mol. The van der Waals surface area contributed by atoms with E-state index in [1.807, 2.05) is 13.0 Å². The van der Waals surface area contributed by atoms with Gasteiger partial charge in [-0.25, -0.2) is 9.97 Å². The minimum absolute atomic E-state index is 0.420. The van der Waals surface area contributed by atoms with Crippen molar-refractivity contribution in [2.75, 3.05) is 11.9 Å². The average Bonchev–Trinajstić information content (AvgIpc) is 2.45. The van der Waals surface area contributed by atoms with E-state index < -0.39 is 0 Å². The molecule has 0 saturated heterocycles. The van der Waals surface area contributed by atoms with Crippen LogP contribution < -0.4 is 5.32 Å². The van der Waals surface area contributed by atoms with Gasteiger partial charge in [0.2, 0.25) is 5.95 Å². The smallest absolute Gasteiger partial charge is 0.223 e. The van der Waals surface area contributed by atoms with Crippen LogP contribution in [0.25, 0.3) is 0 Å². The second-order valence-electron chi connectivity index (χ2n) is 5.61. The van der Waals surface area contributed by atoms with Crippen LogP contribution >= 0.6 is 0 Å². The third kappa shape index (κ3) is 3.80. The molecule has 0 aliphatic carbocycles. The van der Waals surface area contributed by atoms with Crippen molar-refractivity contribution in [2.45, 2.75) is 39.5 Å². The molecule has 1 atom stereocenters. The van der Waals surface area contributed by atoms with Crippen LogP contribution in [0, 0.1) is 6.92 Å². The van der Waals surface area contributed by atoms with Crippen molar-refractivity contribution in [2.24, 2.45) is 0 Å². The lowest BCUT2D eigenvalue weighted by molar-refractivity contribution is 0.779. The molecule has 0 aliphatic rings. The zero-order valence-corrected chi connectivity index (χ0v) is 12.7. The summed E-state index contributed by atoms with van der Waals surface area (Å²) in [4.78, 5) is 9.04. The summed E-state index contributed by atoms with van der Waals surface area (Å²) in [6.45, 7) is 9.36. The lowest BCUT2D eigenvalue weighted by atomic mass is 10.0. The van der Waals surface area contributed by atoms with E-state index in [4.69, 9.17) is 0 Å². The molecular formula is C17H23N3. The van der Waals surface area contributed by atoms with Crippen LogP contribution in [0.15, 0.2) is 36.4 Å². The van der Waals surface area contributed by atoms with E-state index in [-0.39, 0.29) is 0 Å². The molecule has 20 heavy (non-hydrogen) atoms. The highest BCUT2D eigenvalue weighted by molar-refractivity contribution is 5.30. The summed E-state index contributed by atoms with van der Waals surface area (Å²) in [6.07, 6.45) is 0. The molecule has 3 nitrogen and oxygen atoms in total. The number of hydrogen-bond donors (Lipinski definition) is 1. The van der Waals surface area contributed by atoms with Crippen LogP contribution in [0.5, 0.6) is 0 Å². The highest BCUT2D eigenvalue weighted by Crippen LogP contribution is 2.17. The minimum Gasteiger partial charge on any atom is -0.354 e. The number of benzene rings is 1. The second kappa shape index (κ2) is 6.51. The van der Waals surface area contributed by atoms with Gasteiger partial charge in [-0.05, 0) is 30.4 Å². The fourth-order valence-corrected chi connectivity index (χ4v) is 2.11. The number of aromatic nitrogens is 2. The Bertz CT molecular complexity index is 549. The first-order chi connectivity index (χ1) is 9.56. The lowest BCUT2D eigenvalue weighted by Crippen LogP contribution is -2.13. The van der Waals surface area contributed by atoms with Gasteiger partial charge < -0.3 is 5.32 Å². The fraction of sp³-hybridized carbons (Fsp3) is 0.412. The highest BCUT2D eigenvalue weighted by Gasteiger charge is 2.08. The van der Waals surface area contributed by atoms with Crippen molar-refractivity contribution < 1.29 is 0 Å². The van der Waals surface area contributed by atoms with E-state index in [2.05, 4.69) is 66.4 Å². The molecule has 0 saturated carbocycles. The number of nitrogens with zero attached hydrogens (tertiary/aromatic N) is 2. The van der Waals surface area contributed by atoms with Crippen LogP contribution in [0.2, 0.25) is 0 Å². The molecule has 0 amide bonds. The number of nitrogens with one attached hydrogen (secondary N) is 1. The Morgan fingerprint density at radius 3 is 2.40 bits per heavy atom. The van der Waals surface area contributed by atoms with E-state index in [0.717, 1.165) is 23.9 Å². The summed E-state index contributed by atoms with van der Waals surface area (Å²) in [5.41, 5.74) is 3.43. The van der Waals surface area contributed by atoms with E-state index in [9.17, 15) is 0 Å². The van der Waals surface area contributed by atoms with Gasteiger partial charge in [0, 0.05) is 17.9 Å². The van der Waals surface area contributed by atoms with Crippen LogP contribution in [-0.2, 0) is 0 Å². The molecular weight excluding hydrogens is 246 g/mol. The van der Waals surface area contributed by atoms with Crippen molar-refractivity contribution in [3.05, 3.63) is 53.3 Å². The number of aryl methyl sites for hydroxylation is 1.